The summed E-state index contributed by atoms with van der Waals surface area (Å²) >= 11 is 0. The standard InChI is InChI=1S/C11H13NO2/c1-2-3-4-9-6-10-8(7-12-9)5-11(13)14-10/h6-7H,2-5H2,1H3. The van der Waals surface area contributed by atoms with E-state index < -0.39 is 0 Å². The third kappa shape index (κ3) is 1.76. The first kappa shape index (κ1) is 9.19. The Hall–Kier alpha value is -1.38. The van der Waals surface area contributed by atoms with Crippen molar-refractivity contribution in [2.45, 2.75) is 32.6 Å². The van der Waals surface area contributed by atoms with Gasteiger partial charge in [-0.1, -0.05) is 13.3 Å². The highest BCUT2D eigenvalue weighted by Gasteiger charge is 2.20. The number of unbranched alkanes of at least 4 members (excludes halogenated alkanes) is 1. The van der Waals surface area contributed by atoms with Crippen molar-refractivity contribution < 1.29 is 9.53 Å². The van der Waals surface area contributed by atoms with Gasteiger partial charge in [-0.3, -0.25) is 9.78 Å². The average Bonchev–Trinajstić information content (AvgIpc) is 2.54. The SMILES string of the molecule is CCCCc1cc2c(cn1)CC(=O)O2. The minimum Gasteiger partial charge on any atom is -0.426 e. The zero-order valence-corrected chi connectivity index (χ0v) is 8.25. The Morgan fingerprint density at radius 2 is 2.43 bits per heavy atom. The molecule has 2 rings (SSSR count). The van der Waals surface area contributed by atoms with Crippen molar-refractivity contribution in [1.82, 2.24) is 4.98 Å². The highest BCUT2D eigenvalue weighted by molar-refractivity contribution is 5.80. The van der Waals surface area contributed by atoms with Gasteiger partial charge < -0.3 is 4.74 Å². The van der Waals surface area contributed by atoms with Crippen molar-refractivity contribution in [3.63, 3.8) is 0 Å². The Kier molecular flexibility index (Phi) is 2.48. The third-order valence-corrected chi connectivity index (χ3v) is 2.35. The Labute approximate surface area is 83.1 Å². The van der Waals surface area contributed by atoms with E-state index in [4.69, 9.17) is 4.74 Å². The normalized spacial score (nSPS) is 13.9. The molecule has 74 valence electrons. The Morgan fingerprint density at radius 3 is 3.21 bits per heavy atom. The van der Waals surface area contributed by atoms with Gasteiger partial charge in [-0.15, -0.1) is 0 Å². The Morgan fingerprint density at radius 1 is 1.57 bits per heavy atom. The van der Waals surface area contributed by atoms with Gasteiger partial charge in [0.05, 0.1) is 6.42 Å². The van der Waals surface area contributed by atoms with Crippen molar-refractivity contribution >= 4 is 5.97 Å². The molecule has 0 amide bonds. The van der Waals surface area contributed by atoms with Crippen LogP contribution in [-0.4, -0.2) is 11.0 Å². The van der Waals surface area contributed by atoms with Crippen molar-refractivity contribution in [1.29, 1.82) is 0 Å². The minimum absolute atomic E-state index is 0.172. The molecule has 0 N–H and O–H groups in total. The molecule has 0 bridgehead atoms. The summed E-state index contributed by atoms with van der Waals surface area (Å²) in [5, 5.41) is 0. The van der Waals surface area contributed by atoms with E-state index in [9.17, 15) is 4.79 Å². The first-order valence-corrected chi connectivity index (χ1v) is 4.98. The van der Waals surface area contributed by atoms with Crippen LogP contribution in [0.3, 0.4) is 0 Å². The largest absolute Gasteiger partial charge is 0.426 e. The van der Waals surface area contributed by atoms with E-state index in [1.807, 2.05) is 6.07 Å². The van der Waals surface area contributed by atoms with Crippen LogP contribution in [0.1, 0.15) is 31.0 Å². The summed E-state index contributed by atoms with van der Waals surface area (Å²) in [5.74, 6) is 0.533. The van der Waals surface area contributed by atoms with Gasteiger partial charge in [0.25, 0.3) is 0 Å². The highest BCUT2D eigenvalue weighted by Crippen LogP contribution is 2.25. The number of aromatic nitrogens is 1. The maximum atomic E-state index is 11.0. The smallest absolute Gasteiger partial charge is 0.315 e. The molecule has 0 spiro atoms. The quantitative estimate of drug-likeness (QED) is 0.685. The molecule has 3 nitrogen and oxygen atoms in total. The number of aryl methyl sites for hydroxylation is 1. The molecule has 0 aromatic carbocycles. The average molecular weight is 191 g/mol. The summed E-state index contributed by atoms with van der Waals surface area (Å²) in [6, 6.07) is 1.88. The second-order valence-electron chi connectivity index (χ2n) is 3.54. The molecule has 0 atom stereocenters. The van der Waals surface area contributed by atoms with E-state index >= 15 is 0 Å². The van der Waals surface area contributed by atoms with Crippen molar-refractivity contribution in [2.24, 2.45) is 0 Å². The van der Waals surface area contributed by atoms with Crippen LogP contribution in [0, 0.1) is 0 Å². The van der Waals surface area contributed by atoms with E-state index in [2.05, 4.69) is 11.9 Å². The molecule has 1 aliphatic heterocycles. The number of pyridine rings is 1. The van der Waals surface area contributed by atoms with Gasteiger partial charge in [0.1, 0.15) is 5.75 Å². The van der Waals surface area contributed by atoms with E-state index in [-0.39, 0.29) is 5.97 Å². The van der Waals surface area contributed by atoms with Crippen LogP contribution in [0.2, 0.25) is 0 Å². The number of rotatable bonds is 3. The third-order valence-electron chi connectivity index (χ3n) is 2.35. The zero-order valence-electron chi connectivity index (χ0n) is 8.25. The van der Waals surface area contributed by atoms with Crippen LogP contribution in [0.25, 0.3) is 0 Å². The molecule has 0 fully saturated rings. The number of hydrogen-bond donors (Lipinski definition) is 0. The van der Waals surface area contributed by atoms with Crippen molar-refractivity contribution in [3.8, 4) is 5.75 Å². The van der Waals surface area contributed by atoms with Gasteiger partial charge >= 0.3 is 5.97 Å². The van der Waals surface area contributed by atoms with Gasteiger partial charge in [0.2, 0.25) is 0 Å². The number of nitrogens with zero attached hydrogens (tertiary/aromatic N) is 1. The summed E-state index contributed by atoms with van der Waals surface area (Å²) in [7, 11) is 0. The molecule has 0 unspecified atom stereocenters. The summed E-state index contributed by atoms with van der Waals surface area (Å²) in [6.07, 6.45) is 5.36. The lowest BCUT2D eigenvalue weighted by molar-refractivity contribution is -0.131. The molecule has 0 saturated heterocycles. The van der Waals surface area contributed by atoms with Crippen LogP contribution in [0.15, 0.2) is 12.3 Å². The maximum Gasteiger partial charge on any atom is 0.315 e. The summed E-state index contributed by atoms with van der Waals surface area (Å²) < 4.78 is 5.05. The molecule has 1 aliphatic rings. The van der Waals surface area contributed by atoms with Crippen molar-refractivity contribution in [2.75, 3.05) is 0 Å². The fourth-order valence-corrected chi connectivity index (χ4v) is 1.54. The summed E-state index contributed by atoms with van der Waals surface area (Å²) in [5.41, 5.74) is 1.93. The Bertz CT molecular complexity index is 360. The lowest BCUT2D eigenvalue weighted by Gasteiger charge is -2.01. The first-order chi connectivity index (χ1) is 6.79. The lowest BCUT2D eigenvalue weighted by Crippen LogP contribution is -2.00. The number of hydrogen-bond acceptors (Lipinski definition) is 3. The molecule has 0 saturated carbocycles. The molecule has 2 heterocycles. The molecule has 1 aromatic rings. The predicted molar refractivity (Wildman–Crippen MR) is 52.2 cm³/mol. The molecule has 0 aliphatic carbocycles. The number of esters is 1. The lowest BCUT2D eigenvalue weighted by atomic mass is 10.1. The summed E-state index contributed by atoms with van der Waals surface area (Å²) in [4.78, 5) is 15.3. The molecule has 1 aromatic heterocycles. The van der Waals surface area contributed by atoms with E-state index in [1.165, 1.54) is 0 Å². The van der Waals surface area contributed by atoms with Gasteiger partial charge in [-0.2, -0.15) is 0 Å². The van der Waals surface area contributed by atoms with Crippen LogP contribution in [0.5, 0.6) is 5.75 Å². The topological polar surface area (TPSA) is 39.2 Å². The van der Waals surface area contributed by atoms with E-state index in [0.29, 0.717) is 12.2 Å². The van der Waals surface area contributed by atoms with Gasteiger partial charge in [-0.25, -0.2) is 0 Å². The van der Waals surface area contributed by atoms with Gasteiger partial charge in [0.15, 0.2) is 0 Å². The van der Waals surface area contributed by atoms with Crippen LogP contribution in [-0.2, 0) is 17.6 Å². The number of fused-ring (bicyclic) bond motifs is 1. The maximum absolute atomic E-state index is 11.0. The van der Waals surface area contributed by atoms with Gasteiger partial charge in [0, 0.05) is 23.5 Å². The van der Waals surface area contributed by atoms with Crippen LogP contribution < -0.4 is 4.74 Å². The first-order valence-electron chi connectivity index (χ1n) is 4.98. The molecule has 0 radical (unpaired) electrons. The number of carbonyl (C=O) groups is 1. The molecular weight excluding hydrogens is 178 g/mol. The number of carbonyl (C=O) groups excluding carboxylic acids is 1. The zero-order chi connectivity index (χ0) is 9.97. The minimum atomic E-state index is -0.172. The van der Waals surface area contributed by atoms with Crippen molar-refractivity contribution in [3.05, 3.63) is 23.5 Å². The van der Waals surface area contributed by atoms with Gasteiger partial charge in [-0.05, 0) is 12.8 Å². The fraction of sp³-hybridized carbons (Fsp3) is 0.455. The predicted octanol–water partition coefficient (Wildman–Crippen LogP) is 1.89. The van der Waals surface area contributed by atoms with E-state index in [1.54, 1.807) is 6.20 Å². The fourth-order valence-electron chi connectivity index (χ4n) is 1.54. The molecular formula is C11H13NO2. The Balaban J connectivity index is 2.16. The van der Waals surface area contributed by atoms with Crippen LogP contribution >= 0.6 is 0 Å². The number of ether oxygens (including phenoxy) is 1. The van der Waals surface area contributed by atoms with Crippen LogP contribution in [0.4, 0.5) is 0 Å². The highest BCUT2D eigenvalue weighted by atomic mass is 16.5. The second-order valence-corrected chi connectivity index (χ2v) is 3.54. The molecule has 14 heavy (non-hydrogen) atoms. The van der Waals surface area contributed by atoms with E-state index in [0.717, 1.165) is 30.5 Å². The monoisotopic (exact) mass is 191 g/mol. The second kappa shape index (κ2) is 3.78. The summed E-state index contributed by atoms with van der Waals surface area (Å²) in [6.45, 7) is 2.15. The molecule has 3 heteroatoms.